The maximum absolute atomic E-state index is 6.68. The first kappa shape index (κ1) is 14.1. The first-order valence-electron chi connectivity index (χ1n) is 8.90. The molecule has 3 aliphatic rings. The average molecular weight is 294 g/mol. The molecule has 0 bridgehead atoms. The molecule has 116 valence electrons. The van der Waals surface area contributed by atoms with Crippen LogP contribution in [0.2, 0.25) is 0 Å². The first-order valence-corrected chi connectivity index (χ1v) is 8.90. The van der Waals surface area contributed by atoms with Gasteiger partial charge in [0.05, 0.1) is 0 Å². The summed E-state index contributed by atoms with van der Waals surface area (Å²) in [6.07, 6.45) is 14.8. The van der Waals surface area contributed by atoms with Crippen LogP contribution in [0.4, 0.5) is 0 Å². The summed E-state index contributed by atoms with van der Waals surface area (Å²) in [6.45, 7) is 4.51. The van der Waals surface area contributed by atoms with Crippen LogP contribution >= 0.6 is 0 Å². The fourth-order valence-corrected chi connectivity index (χ4v) is 4.40. The van der Waals surface area contributed by atoms with Crippen LogP contribution in [-0.2, 0) is 12.8 Å². The van der Waals surface area contributed by atoms with Crippen molar-refractivity contribution in [2.75, 3.05) is 0 Å². The molecule has 0 radical (unpaired) electrons. The van der Waals surface area contributed by atoms with Gasteiger partial charge < -0.3 is 4.74 Å². The van der Waals surface area contributed by atoms with Crippen molar-refractivity contribution >= 4 is 5.57 Å². The van der Waals surface area contributed by atoms with Crippen LogP contribution in [0.15, 0.2) is 29.9 Å². The van der Waals surface area contributed by atoms with Crippen molar-refractivity contribution in [2.45, 2.75) is 70.8 Å². The second-order valence-electron chi connectivity index (χ2n) is 7.30. The van der Waals surface area contributed by atoms with E-state index < -0.39 is 0 Å². The maximum atomic E-state index is 6.68. The molecule has 0 unspecified atom stereocenters. The monoisotopic (exact) mass is 294 g/mol. The molecule has 1 aromatic rings. The Balaban J connectivity index is 1.81. The maximum Gasteiger partial charge on any atom is 0.146 e. The lowest BCUT2D eigenvalue weighted by Gasteiger charge is -2.38. The normalized spacial score (nSPS) is 27.2. The molecule has 1 aliphatic heterocycles. The predicted octanol–water partition coefficient (Wildman–Crippen LogP) is 5.62. The fourth-order valence-electron chi connectivity index (χ4n) is 4.40. The molecule has 0 aromatic heterocycles. The van der Waals surface area contributed by atoms with Crippen molar-refractivity contribution in [3.05, 3.63) is 46.5 Å². The van der Waals surface area contributed by atoms with Crippen molar-refractivity contribution in [3.8, 4) is 5.75 Å². The third kappa shape index (κ3) is 2.22. The van der Waals surface area contributed by atoms with Gasteiger partial charge in [0.2, 0.25) is 0 Å². The van der Waals surface area contributed by atoms with E-state index in [-0.39, 0.29) is 5.60 Å². The Hall–Kier alpha value is -1.50. The average Bonchev–Trinajstić information content (AvgIpc) is 2.55. The Morgan fingerprint density at radius 3 is 2.64 bits per heavy atom. The smallest absolute Gasteiger partial charge is 0.146 e. The van der Waals surface area contributed by atoms with Gasteiger partial charge >= 0.3 is 0 Å². The number of allylic oxidation sites excluding steroid dienone is 2. The van der Waals surface area contributed by atoms with Crippen molar-refractivity contribution < 1.29 is 4.74 Å². The summed E-state index contributed by atoms with van der Waals surface area (Å²) in [5.74, 6) is 1.19. The van der Waals surface area contributed by atoms with Crippen LogP contribution in [-0.4, -0.2) is 5.60 Å². The van der Waals surface area contributed by atoms with Crippen LogP contribution in [0.25, 0.3) is 5.57 Å². The molecular weight excluding hydrogens is 268 g/mol. The van der Waals surface area contributed by atoms with Crippen molar-refractivity contribution in [2.24, 2.45) is 0 Å². The summed E-state index contributed by atoms with van der Waals surface area (Å²) in [5, 5.41) is 0. The molecule has 22 heavy (non-hydrogen) atoms. The molecule has 0 spiro atoms. The van der Waals surface area contributed by atoms with E-state index in [1.165, 1.54) is 85.0 Å². The zero-order chi connectivity index (χ0) is 15.2. The van der Waals surface area contributed by atoms with Gasteiger partial charge in [0.25, 0.3) is 0 Å². The number of fused-ring (bicyclic) bond motifs is 3. The van der Waals surface area contributed by atoms with E-state index in [0.717, 1.165) is 0 Å². The van der Waals surface area contributed by atoms with Crippen molar-refractivity contribution in [3.63, 3.8) is 0 Å². The van der Waals surface area contributed by atoms with E-state index >= 15 is 0 Å². The van der Waals surface area contributed by atoms with Crippen LogP contribution in [0.3, 0.4) is 0 Å². The van der Waals surface area contributed by atoms with Crippen LogP contribution < -0.4 is 4.74 Å². The Morgan fingerprint density at radius 1 is 1.00 bits per heavy atom. The van der Waals surface area contributed by atoms with Gasteiger partial charge in [0.15, 0.2) is 0 Å². The van der Waals surface area contributed by atoms with Crippen molar-refractivity contribution in [1.29, 1.82) is 0 Å². The summed E-state index contributed by atoms with van der Waals surface area (Å²) in [4.78, 5) is 0. The van der Waals surface area contributed by atoms with Crippen LogP contribution in [0, 0.1) is 0 Å². The molecule has 4 rings (SSSR count). The van der Waals surface area contributed by atoms with Gasteiger partial charge in [-0.05, 0) is 93.6 Å². The number of rotatable bonds is 1. The van der Waals surface area contributed by atoms with E-state index in [1.54, 1.807) is 0 Å². The van der Waals surface area contributed by atoms with Gasteiger partial charge in [-0.3, -0.25) is 0 Å². The van der Waals surface area contributed by atoms with Crippen LogP contribution in [0.5, 0.6) is 5.75 Å². The van der Waals surface area contributed by atoms with E-state index in [2.05, 4.69) is 38.1 Å². The first-order chi connectivity index (χ1) is 10.7. The number of ether oxygens (including phenoxy) is 1. The van der Waals surface area contributed by atoms with E-state index in [4.69, 9.17) is 4.74 Å². The molecule has 0 N–H and O–H groups in total. The van der Waals surface area contributed by atoms with Gasteiger partial charge in [-0.15, -0.1) is 0 Å². The third-order valence-electron chi connectivity index (χ3n) is 5.64. The number of benzene rings is 1. The number of aryl methyl sites for hydroxylation is 1. The number of hydrogen-bond donors (Lipinski definition) is 0. The van der Waals surface area contributed by atoms with E-state index in [1.807, 2.05) is 0 Å². The Bertz CT molecular complexity index is 665. The Morgan fingerprint density at radius 2 is 1.82 bits per heavy atom. The largest absolute Gasteiger partial charge is 0.478 e. The molecule has 1 nitrogen and oxygen atoms in total. The quantitative estimate of drug-likeness (QED) is 0.611. The minimum atomic E-state index is -0.232. The lowest BCUT2D eigenvalue weighted by Crippen LogP contribution is -2.36. The molecule has 1 aromatic carbocycles. The minimum Gasteiger partial charge on any atom is -0.478 e. The molecule has 0 saturated carbocycles. The fraction of sp³-hybridized carbons (Fsp3) is 0.524. The highest BCUT2D eigenvalue weighted by molar-refractivity contribution is 5.75. The summed E-state index contributed by atoms with van der Waals surface area (Å²) in [6, 6.07) is 4.61. The molecule has 0 amide bonds. The lowest BCUT2D eigenvalue weighted by molar-refractivity contribution is 0.166. The zero-order valence-electron chi connectivity index (χ0n) is 13.9. The highest BCUT2D eigenvalue weighted by atomic mass is 16.5. The molecule has 0 saturated heterocycles. The van der Waals surface area contributed by atoms with Crippen LogP contribution in [0.1, 0.15) is 69.1 Å². The molecule has 1 heteroatoms. The van der Waals surface area contributed by atoms with E-state index in [0.29, 0.717) is 0 Å². The minimum absolute atomic E-state index is 0.232. The van der Waals surface area contributed by atoms with Gasteiger partial charge in [0.1, 0.15) is 11.4 Å². The van der Waals surface area contributed by atoms with E-state index in [9.17, 15) is 0 Å². The second kappa shape index (κ2) is 5.30. The molecule has 0 fully saturated rings. The molecule has 1 atom stereocenters. The molecular formula is C21H26O. The summed E-state index contributed by atoms with van der Waals surface area (Å²) in [7, 11) is 0. The Kier molecular flexibility index (Phi) is 3.40. The topological polar surface area (TPSA) is 9.23 Å². The second-order valence-corrected chi connectivity index (χ2v) is 7.30. The van der Waals surface area contributed by atoms with Gasteiger partial charge in [0, 0.05) is 5.56 Å². The SMILES string of the molecule is CC1=C[C@](C)(C2=CCCCC2)Oc2c1ccc1c2CCCC1. The highest BCUT2D eigenvalue weighted by Crippen LogP contribution is 2.45. The summed E-state index contributed by atoms with van der Waals surface area (Å²) in [5.41, 5.74) is 6.94. The predicted molar refractivity (Wildman–Crippen MR) is 92.3 cm³/mol. The lowest BCUT2D eigenvalue weighted by atomic mass is 9.81. The Labute approximate surface area is 134 Å². The molecule has 2 aliphatic carbocycles. The van der Waals surface area contributed by atoms with Gasteiger partial charge in [-0.2, -0.15) is 0 Å². The number of hydrogen-bond acceptors (Lipinski definition) is 1. The van der Waals surface area contributed by atoms with Gasteiger partial charge in [-0.1, -0.05) is 18.2 Å². The van der Waals surface area contributed by atoms with Gasteiger partial charge in [-0.25, -0.2) is 0 Å². The highest BCUT2D eigenvalue weighted by Gasteiger charge is 2.35. The third-order valence-corrected chi connectivity index (χ3v) is 5.64. The summed E-state index contributed by atoms with van der Waals surface area (Å²) < 4.78 is 6.68. The molecule has 1 heterocycles. The zero-order valence-corrected chi connectivity index (χ0v) is 13.9. The standard InChI is InChI=1S/C21H26O/c1-15-14-21(2,17-9-4-3-5-10-17)22-20-18(15)13-12-16-8-6-7-11-19(16)20/h9,12-14H,3-8,10-11H2,1-2H3/t21-/m1/s1. The summed E-state index contributed by atoms with van der Waals surface area (Å²) >= 11 is 0. The van der Waals surface area contributed by atoms with Crippen molar-refractivity contribution in [1.82, 2.24) is 0 Å².